The molecule has 0 radical (unpaired) electrons. The number of fused-ring (bicyclic) bond motifs is 2. The molecule has 0 saturated heterocycles. The number of benzene rings is 3. The van der Waals surface area contributed by atoms with Gasteiger partial charge in [-0.15, -0.1) is 0 Å². The zero-order valence-electron chi connectivity index (χ0n) is 17.2. The van der Waals surface area contributed by atoms with Gasteiger partial charge < -0.3 is 25.3 Å². The van der Waals surface area contributed by atoms with Gasteiger partial charge in [0.15, 0.2) is 6.04 Å². The van der Waals surface area contributed by atoms with Crippen molar-refractivity contribution in [1.82, 2.24) is 4.98 Å². The number of carbonyl (C=O) groups is 1. The molecule has 2 heterocycles. The lowest BCUT2D eigenvalue weighted by atomic mass is 10.1. The van der Waals surface area contributed by atoms with Gasteiger partial charge in [-0.1, -0.05) is 36.4 Å². The molecule has 1 aromatic heterocycles. The van der Waals surface area contributed by atoms with Crippen molar-refractivity contribution in [3.8, 4) is 11.8 Å². The smallest absolute Gasteiger partial charge is 0.323 e. The lowest BCUT2D eigenvalue weighted by Crippen LogP contribution is -2.41. The van der Waals surface area contributed by atoms with Crippen molar-refractivity contribution in [2.75, 3.05) is 22.1 Å². The number of nitrogens with one attached hydrogen (secondary N) is 3. The van der Waals surface area contributed by atoms with E-state index < -0.39 is 6.04 Å². The molecule has 32 heavy (non-hydrogen) atoms. The monoisotopic (exact) mass is 423 g/mol. The zero-order valence-corrected chi connectivity index (χ0v) is 17.2. The molecule has 3 N–H and O–H groups in total. The van der Waals surface area contributed by atoms with Gasteiger partial charge in [-0.25, -0.2) is 4.79 Å². The van der Waals surface area contributed by atoms with E-state index in [1.807, 2.05) is 77.8 Å². The van der Waals surface area contributed by atoms with Crippen molar-refractivity contribution in [2.24, 2.45) is 0 Å². The van der Waals surface area contributed by atoms with Gasteiger partial charge in [0.1, 0.15) is 12.4 Å². The molecule has 0 saturated carbocycles. The molecule has 0 aliphatic carbocycles. The Bertz CT molecular complexity index is 1310. The fourth-order valence-corrected chi connectivity index (χ4v) is 3.87. The van der Waals surface area contributed by atoms with Crippen LogP contribution in [0.25, 0.3) is 10.9 Å². The number of carbonyl (C=O) groups excluding carboxylic acids is 1. The van der Waals surface area contributed by atoms with Crippen LogP contribution in [0.4, 0.5) is 21.9 Å². The number of hydrogen-bond donors (Lipinski definition) is 3. The first-order valence-corrected chi connectivity index (χ1v) is 10.3. The van der Waals surface area contributed by atoms with E-state index in [9.17, 15) is 10.1 Å². The average molecular weight is 423 g/mol. The molecule has 4 aromatic rings. The topological polar surface area (TPSA) is 93.2 Å². The Balaban J connectivity index is 1.36. The highest BCUT2D eigenvalue weighted by atomic mass is 16.5. The van der Waals surface area contributed by atoms with Crippen LogP contribution in [0, 0.1) is 11.3 Å². The van der Waals surface area contributed by atoms with Crippen molar-refractivity contribution in [3.05, 3.63) is 84.6 Å². The minimum absolute atomic E-state index is 0.296. The first kappa shape index (κ1) is 19.5. The maximum absolute atomic E-state index is 12.6. The Morgan fingerprint density at radius 1 is 1.06 bits per heavy atom. The highest BCUT2D eigenvalue weighted by molar-refractivity contribution is 6.01. The van der Waals surface area contributed by atoms with Crippen LogP contribution < -0.4 is 20.3 Å². The van der Waals surface area contributed by atoms with Crippen LogP contribution in [-0.4, -0.2) is 23.7 Å². The van der Waals surface area contributed by atoms with Gasteiger partial charge in [0.25, 0.3) is 0 Å². The molecule has 158 valence electrons. The van der Waals surface area contributed by atoms with Crippen LogP contribution in [0.5, 0.6) is 5.75 Å². The van der Waals surface area contributed by atoms with Crippen molar-refractivity contribution < 1.29 is 9.53 Å². The molecule has 3 aromatic carbocycles. The number of aromatic amines is 1. The highest BCUT2D eigenvalue weighted by Crippen LogP contribution is 2.37. The Morgan fingerprint density at radius 3 is 2.66 bits per heavy atom. The first-order chi connectivity index (χ1) is 15.7. The maximum atomic E-state index is 12.6. The predicted octanol–water partition coefficient (Wildman–Crippen LogP) is 5.10. The number of hydrogen-bond acceptors (Lipinski definition) is 4. The molecular formula is C25H21N5O2. The number of amides is 2. The summed E-state index contributed by atoms with van der Waals surface area (Å²) in [4.78, 5) is 17.7. The van der Waals surface area contributed by atoms with Crippen LogP contribution in [-0.2, 0) is 6.54 Å². The van der Waals surface area contributed by atoms with Gasteiger partial charge in [0, 0.05) is 29.6 Å². The number of anilines is 3. The third-order valence-corrected chi connectivity index (χ3v) is 5.46. The first-order valence-electron chi connectivity index (χ1n) is 10.3. The Kier molecular flexibility index (Phi) is 5.10. The quantitative estimate of drug-likeness (QED) is 0.426. The molecule has 2 amide bonds. The Hall–Kier alpha value is -4.44. The van der Waals surface area contributed by atoms with E-state index in [1.54, 1.807) is 6.07 Å². The van der Waals surface area contributed by atoms with Crippen molar-refractivity contribution >= 4 is 34.0 Å². The minimum Gasteiger partial charge on any atom is -0.488 e. The van der Waals surface area contributed by atoms with Crippen LogP contribution in [0.15, 0.2) is 79.0 Å². The fraction of sp³-hybridized carbons (Fsp3) is 0.120. The summed E-state index contributed by atoms with van der Waals surface area (Å²) in [5.74, 6) is 0.690. The highest BCUT2D eigenvalue weighted by Gasteiger charge is 2.28. The largest absolute Gasteiger partial charge is 0.488 e. The van der Waals surface area contributed by atoms with Crippen molar-refractivity contribution in [3.63, 3.8) is 0 Å². The number of nitriles is 1. The van der Waals surface area contributed by atoms with Crippen molar-refractivity contribution in [1.29, 1.82) is 5.26 Å². The number of rotatable bonds is 4. The van der Waals surface area contributed by atoms with Gasteiger partial charge in [-0.05, 0) is 47.3 Å². The Labute approximate surface area is 185 Å². The van der Waals surface area contributed by atoms with E-state index >= 15 is 0 Å². The summed E-state index contributed by atoms with van der Waals surface area (Å²) in [6.07, 6.45) is 1.86. The van der Waals surface area contributed by atoms with Crippen LogP contribution in [0.1, 0.15) is 5.56 Å². The number of H-pyrrole nitrogens is 1. The summed E-state index contributed by atoms with van der Waals surface area (Å²) in [5.41, 5.74) is 4.12. The third kappa shape index (κ3) is 3.94. The third-order valence-electron chi connectivity index (χ3n) is 5.46. The number of aromatic nitrogens is 1. The summed E-state index contributed by atoms with van der Waals surface area (Å²) in [5, 5.41) is 16.5. The Morgan fingerprint density at radius 2 is 1.84 bits per heavy atom. The van der Waals surface area contributed by atoms with E-state index in [1.165, 1.54) is 0 Å². The summed E-state index contributed by atoms with van der Waals surface area (Å²) in [6.45, 7) is 0.867. The van der Waals surface area contributed by atoms with E-state index in [-0.39, 0.29) is 6.03 Å². The van der Waals surface area contributed by atoms with E-state index in [0.717, 1.165) is 22.2 Å². The molecule has 0 spiro atoms. The van der Waals surface area contributed by atoms with E-state index in [2.05, 4.69) is 21.7 Å². The summed E-state index contributed by atoms with van der Waals surface area (Å²) >= 11 is 0. The van der Waals surface area contributed by atoms with Gasteiger partial charge in [0.2, 0.25) is 0 Å². The second kappa shape index (κ2) is 8.36. The average Bonchev–Trinajstić information content (AvgIpc) is 3.28. The normalized spacial score (nSPS) is 14.8. The van der Waals surface area contributed by atoms with Gasteiger partial charge in [-0.3, -0.25) is 0 Å². The van der Waals surface area contributed by atoms with E-state index in [4.69, 9.17) is 4.74 Å². The second-order valence-corrected chi connectivity index (χ2v) is 7.61. The zero-order chi connectivity index (χ0) is 21.9. The molecule has 1 aliphatic rings. The molecule has 0 fully saturated rings. The molecule has 0 bridgehead atoms. The predicted molar refractivity (Wildman–Crippen MR) is 125 cm³/mol. The SMILES string of the molecule is N#CC1COc2ccc(NC(=O)Nc3ccc4cc[nH]c4c3)cc2N1Cc1ccccc1. The second-order valence-electron chi connectivity index (χ2n) is 7.61. The lowest BCUT2D eigenvalue weighted by molar-refractivity contribution is 0.262. The minimum atomic E-state index is -0.417. The standard InChI is InChI=1S/C25H21N5O2/c26-14-21-16-32-24-9-8-20(13-23(24)30(21)15-17-4-2-1-3-5-17)29-25(31)28-19-7-6-18-10-11-27-22(18)12-19/h1-13,21,27H,15-16H2,(H2,28,29,31). The number of urea groups is 1. The molecule has 1 aliphatic heterocycles. The van der Waals surface area contributed by atoms with E-state index in [0.29, 0.717) is 30.3 Å². The van der Waals surface area contributed by atoms with Gasteiger partial charge in [0.05, 0.1) is 11.8 Å². The number of ether oxygens (including phenoxy) is 1. The molecule has 1 atom stereocenters. The fourth-order valence-electron chi connectivity index (χ4n) is 3.87. The van der Waals surface area contributed by atoms with Crippen molar-refractivity contribution in [2.45, 2.75) is 12.6 Å². The van der Waals surface area contributed by atoms with Crippen LogP contribution >= 0.6 is 0 Å². The van der Waals surface area contributed by atoms with Gasteiger partial charge >= 0.3 is 6.03 Å². The maximum Gasteiger partial charge on any atom is 0.323 e. The summed E-state index contributed by atoms with van der Waals surface area (Å²) in [6, 6.07) is 24.6. The van der Waals surface area contributed by atoms with Crippen LogP contribution in [0.2, 0.25) is 0 Å². The molecule has 7 heteroatoms. The molecular weight excluding hydrogens is 402 g/mol. The number of nitrogens with zero attached hydrogens (tertiary/aromatic N) is 2. The van der Waals surface area contributed by atoms with Crippen LogP contribution in [0.3, 0.4) is 0 Å². The summed E-state index contributed by atoms with van der Waals surface area (Å²) < 4.78 is 5.79. The molecule has 5 rings (SSSR count). The molecule has 1 unspecified atom stereocenters. The summed E-state index contributed by atoms with van der Waals surface area (Å²) in [7, 11) is 0. The lowest BCUT2D eigenvalue weighted by Gasteiger charge is -2.35. The van der Waals surface area contributed by atoms with Gasteiger partial charge in [-0.2, -0.15) is 5.26 Å². The molecule has 7 nitrogen and oxygen atoms in total.